The number of rotatable bonds is 3. The summed E-state index contributed by atoms with van der Waals surface area (Å²) in [5.74, 6) is 0.0194. The van der Waals surface area contributed by atoms with Crippen LogP contribution in [-0.4, -0.2) is 37.7 Å². The summed E-state index contributed by atoms with van der Waals surface area (Å²) >= 11 is 0. The molecule has 0 saturated carbocycles. The third-order valence-electron chi connectivity index (χ3n) is 3.83. The van der Waals surface area contributed by atoms with Crippen LogP contribution in [0.4, 0.5) is 5.69 Å². The second-order valence-electron chi connectivity index (χ2n) is 5.06. The SMILES string of the molecule is CN(C(=O)C1(CN)COC1)c1c[nH]c2ccccc12. The number of carbonyl (C=O) groups is 1. The first kappa shape index (κ1) is 12.2. The van der Waals surface area contributed by atoms with E-state index in [1.807, 2.05) is 30.5 Å². The van der Waals surface area contributed by atoms with Crippen LogP contribution in [0.5, 0.6) is 0 Å². The van der Waals surface area contributed by atoms with Gasteiger partial charge in [-0.3, -0.25) is 4.79 Å². The highest BCUT2D eigenvalue weighted by atomic mass is 16.5. The highest BCUT2D eigenvalue weighted by Crippen LogP contribution is 2.33. The van der Waals surface area contributed by atoms with Crippen molar-refractivity contribution < 1.29 is 9.53 Å². The van der Waals surface area contributed by atoms with Gasteiger partial charge in [-0.25, -0.2) is 0 Å². The quantitative estimate of drug-likeness (QED) is 0.867. The van der Waals surface area contributed by atoms with Crippen molar-refractivity contribution in [2.24, 2.45) is 11.1 Å². The van der Waals surface area contributed by atoms with Crippen LogP contribution < -0.4 is 10.6 Å². The minimum absolute atomic E-state index is 0.0194. The van der Waals surface area contributed by atoms with Gasteiger partial charge in [0.25, 0.3) is 0 Å². The molecule has 2 heterocycles. The normalized spacial score (nSPS) is 17.2. The second kappa shape index (κ2) is 4.36. The average Bonchev–Trinajstić information content (AvgIpc) is 2.81. The highest BCUT2D eigenvalue weighted by molar-refractivity contribution is 6.05. The van der Waals surface area contributed by atoms with Gasteiger partial charge in [0.05, 0.1) is 18.9 Å². The monoisotopic (exact) mass is 259 g/mol. The van der Waals surface area contributed by atoms with Crippen LogP contribution in [-0.2, 0) is 9.53 Å². The molecule has 1 aromatic heterocycles. The molecule has 0 bridgehead atoms. The summed E-state index contributed by atoms with van der Waals surface area (Å²) in [5, 5.41) is 1.03. The predicted molar refractivity (Wildman–Crippen MR) is 74.0 cm³/mol. The summed E-state index contributed by atoms with van der Waals surface area (Å²) in [6.07, 6.45) is 1.85. The largest absolute Gasteiger partial charge is 0.379 e. The molecule has 0 aliphatic carbocycles. The second-order valence-corrected chi connectivity index (χ2v) is 5.06. The third-order valence-corrected chi connectivity index (χ3v) is 3.83. The number of fused-ring (bicyclic) bond motifs is 1. The molecule has 19 heavy (non-hydrogen) atoms. The maximum Gasteiger partial charge on any atom is 0.238 e. The zero-order chi connectivity index (χ0) is 13.5. The molecule has 3 N–H and O–H groups in total. The van der Waals surface area contributed by atoms with Crippen molar-refractivity contribution in [3.8, 4) is 0 Å². The van der Waals surface area contributed by atoms with Gasteiger partial charge in [-0.15, -0.1) is 0 Å². The van der Waals surface area contributed by atoms with E-state index in [-0.39, 0.29) is 5.91 Å². The first-order valence-corrected chi connectivity index (χ1v) is 6.30. The number of nitrogens with zero attached hydrogens (tertiary/aromatic N) is 1. The fourth-order valence-corrected chi connectivity index (χ4v) is 2.48. The molecule has 1 fully saturated rings. The Morgan fingerprint density at radius 1 is 1.47 bits per heavy atom. The van der Waals surface area contributed by atoms with Crippen molar-refractivity contribution in [3.05, 3.63) is 30.5 Å². The summed E-state index contributed by atoms with van der Waals surface area (Å²) in [6, 6.07) is 7.91. The number of anilines is 1. The number of benzene rings is 1. The Morgan fingerprint density at radius 3 is 2.84 bits per heavy atom. The standard InChI is InChI=1S/C14H17N3O2/c1-17(13(18)14(7-15)8-19-9-14)12-6-16-11-5-3-2-4-10(11)12/h2-6,16H,7-9,15H2,1H3. The lowest BCUT2D eigenvalue weighted by Gasteiger charge is -2.41. The van der Waals surface area contributed by atoms with Gasteiger partial charge in [-0.1, -0.05) is 18.2 Å². The lowest BCUT2D eigenvalue weighted by molar-refractivity contribution is -0.156. The molecular formula is C14H17N3O2. The van der Waals surface area contributed by atoms with Gasteiger partial charge >= 0.3 is 0 Å². The Bertz CT molecular complexity index is 610. The smallest absolute Gasteiger partial charge is 0.238 e. The van der Waals surface area contributed by atoms with Gasteiger partial charge in [0.15, 0.2) is 0 Å². The van der Waals surface area contributed by atoms with E-state index < -0.39 is 5.41 Å². The van der Waals surface area contributed by atoms with Crippen molar-refractivity contribution >= 4 is 22.5 Å². The molecule has 5 heteroatoms. The molecule has 0 spiro atoms. The highest BCUT2D eigenvalue weighted by Gasteiger charge is 2.46. The minimum atomic E-state index is -0.548. The molecule has 3 rings (SSSR count). The van der Waals surface area contributed by atoms with E-state index in [9.17, 15) is 4.79 Å². The fourth-order valence-electron chi connectivity index (χ4n) is 2.48. The lowest BCUT2D eigenvalue weighted by atomic mass is 9.84. The van der Waals surface area contributed by atoms with Gasteiger partial charge < -0.3 is 20.4 Å². The Kier molecular flexibility index (Phi) is 2.80. The van der Waals surface area contributed by atoms with E-state index in [1.165, 1.54) is 0 Å². The number of carbonyl (C=O) groups excluding carboxylic acids is 1. The molecule has 1 saturated heterocycles. The van der Waals surface area contributed by atoms with E-state index in [2.05, 4.69) is 4.98 Å². The van der Waals surface area contributed by atoms with E-state index in [4.69, 9.17) is 10.5 Å². The van der Waals surface area contributed by atoms with Crippen LogP contribution >= 0.6 is 0 Å². The van der Waals surface area contributed by atoms with Crippen molar-refractivity contribution in [2.45, 2.75) is 0 Å². The number of nitrogens with two attached hydrogens (primary N) is 1. The Balaban J connectivity index is 1.95. The minimum Gasteiger partial charge on any atom is -0.379 e. The number of ether oxygens (including phenoxy) is 1. The molecule has 1 aromatic carbocycles. The average molecular weight is 259 g/mol. The summed E-state index contributed by atoms with van der Waals surface area (Å²) < 4.78 is 5.17. The van der Waals surface area contributed by atoms with Gasteiger partial charge in [-0.2, -0.15) is 0 Å². The van der Waals surface area contributed by atoms with Crippen LogP contribution in [0.1, 0.15) is 0 Å². The zero-order valence-corrected chi connectivity index (χ0v) is 10.8. The fraction of sp³-hybridized carbons (Fsp3) is 0.357. The van der Waals surface area contributed by atoms with Crippen molar-refractivity contribution in [3.63, 3.8) is 0 Å². The molecule has 0 atom stereocenters. The summed E-state index contributed by atoms with van der Waals surface area (Å²) in [4.78, 5) is 17.4. The van der Waals surface area contributed by atoms with Crippen LogP contribution in [0.25, 0.3) is 10.9 Å². The summed E-state index contributed by atoms with van der Waals surface area (Å²) in [5.41, 5.74) is 7.08. The van der Waals surface area contributed by atoms with Crippen LogP contribution in [0.2, 0.25) is 0 Å². The van der Waals surface area contributed by atoms with E-state index in [0.717, 1.165) is 16.6 Å². The zero-order valence-electron chi connectivity index (χ0n) is 10.8. The van der Waals surface area contributed by atoms with E-state index in [1.54, 1.807) is 11.9 Å². The molecule has 100 valence electrons. The summed E-state index contributed by atoms with van der Waals surface area (Å²) in [7, 11) is 1.79. The van der Waals surface area contributed by atoms with Gasteiger partial charge in [0.1, 0.15) is 5.41 Å². The van der Waals surface area contributed by atoms with E-state index in [0.29, 0.717) is 19.8 Å². The molecule has 2 aromatic rings. The third kappa shape index (κ3) is 1.74. The van der Waals surface area contributed by atoms with E-state index >= 15 is 0 Å². The Hall–Kier alpha value is -1.85. The molecule has 1 amide bonds. The molecule has 0 unspecified atom stereocenters. The lowest BCUT2D eigenvalue weighted by Crippen LogP contribution is -2.58. The summed E-state index contributed by atoms with van der Waals surface area (Å²) in [6.45, 7) is 1.14. The topological polar surface area (TPSA) is 71.3 Å². The van der Waals surface area contributed by atoms with Gasteiger partial charge in [-0.05, 0) is 6.07 Å². The molecule has 5 nitrogen and oxygen atoms in total. The van der Waals surface area contributed by atoms with Crippen molar-refractivity contribution in [1.82, 2.24) is 4.98 Å². The molecule has 0 radical (unpaired) electrons. The Morgan fingerprint density at radius 2 is 2.21 bits per heavy atom. The number of aromatic nitrogens is 1. The number of para-hydroxylation sites is 1. The number of hydrogen-bond acceptors (Lipinski definition) is 3. The van der Waals surface area contributed by atoms with Crippen LogP contribution in [0.3, 0.4) is 0 Å². The van der Waals surface area contributed by atoms with Crippen LogP contribution in [0.15, 0.2) is 30.5 Å². The number of amides is 1. The molecule has 1 aliphatic rings. The van der Waals surface area contributed by atoms with Crippen LogP contribution in [0, 0.1) is 5.41 Å². The van der Waals surface area contributed by atoms with Crippen molar-refractivity contribution in [2.75, 3.05) is 31.7 Å². The maximum absolute atomic E-state index is 12.6. The number of H-pyrrole nitrogens is 1. The Labute approximate surface area is 111 Å². The maximum atomic E-state index is 12.6. The van der Waals surface area contributed by atoms with Gasteiger partial charge in [0, 0.05) is 30.7 Å². The first-order valence-electron chi connectivity index (χ1n) is 6.30. The number of hydrogen-bond donors (Lipinski definition) is 2. The first-order chi connectivity index (χ1) is 9.18. The predicted octanol–water partition coefficient (Wildman–Crippen LogP) is 1.11. The molecule has 1 aliphatic heterocycles. The number of nitrogens with one attached hydrogen (secondary N) is 1. The number of aromatic amines is 1. The van der Waals surface area contributed by atoms with Gasteiger partial charge in [0.2, 0.25) is 5.91 Å². The molecular weight excluding hydrogens is 242 g/mol. The van der Waals surface area contributed by atoms with Crippen molar-refractivity contribution in [1.29, 1.82) is 0 Å².